The molecule has 1 N–H and O–H groups in total. The molecule has 90 valence electrons. The molecule has 3 rings (SSSR count). The van der Waals surface area contributed by atoms with E-state index in [1.807, 2.05) is 18.2 Å². The van der Waals surface area contributed by atoms with Gasteiger partial charge in [-0.15, -0.1) is 0 Å². The van der Waals surface area contributed by atoms with E-state index >= 15 is 0 Å². The van der Waals surface area contributed by atoms with E-state index in [1.165, 1.54) is 5.56 Å². The fourth-order valence-electron chi connectivity index (χ4n) is 1.85. The summed E-state index contributed by atoms with van der Waals surface area (Å²) < 4.78 is 0. The normalized spacial score (nSPS) is 18.4. The molecule has 0 spiro atoms. The maximum Gasteiger partial charge on any atom is 0.161 e. The quantitative estimate of drug-likeness (QED) is 0.894. The number of thioether (sulfide) groups is 1. The molecule has 0 fully saturated rings. The van der Waals surface area contributed by atoms with E-state index in [0.29, 0.717) is 0 Å². The van der Waals surface area contributed by atoms with Crippen molar-refractivity contribution in [1.82, 2.24) is 4.98 Å². The van der Waals surface area contributed by atoms with E-state index < -0.39 is 0 Å². The van der Waals surface area contributed by atoms with Crippen LogP contribution in [0.15, 0.2) is 59.9 Å². The Labute approximate surface area is 110 Å². The lowest BCUT2D eigenvalue weighted by Crippen LogP contribution is -2.04. The SMILES string of the molecule is c1ccc(C2CSC(Nc3cccnc3)=N2)cc1. The van der Waals surface area contributed by atoms with Crippen molar-refractivity contribution in [1.29, 1.82) is 0 Å². The zero-order valence-electron chi connectivity index (χ0n) is 9.78. The van der Waals surface area contributed by atoms with Crippen LogP contribution in [-0.4, -0.2) is 15.9 Å². The van der Waals surface area contributed by atoms with Crippen LogP contribution >= 0.6 is 11.8 Å². The third kappa shape index (κ3) is 2.54. The molecular formula is C14H13N3S. The molecule has 1 unspecified atom stereocenters. The first-order valence-electron chi connectivity index (χ1n) is 5.84. The summed E-state index contributed by atoms with van der Waals surface area (Å²) in [6.45, 7) is 0. The minimum Gasteiger partial charge on any atom is -0.334 e. The Hall–Kier alpha value is -1.81. The van der Waals surface area contributed by atoms with Gasteiger partial charge in [0.2, 0.25) is 0 Å². The second-order valence-corrected chi connectivity index (χ2v) is 5.05. The molecule has 0 saturated carbocycles. The Kier molecular flexibility index (Phi) is 3.28. The number of amidine groups is 1. The number of anilines is 1. The van der Waals surface area contributed by atoms with Crippen LogP contribution in [0.1, 0.15) is 11.6 Å². The summed E-state index contributed by atoms with van der Waals surface area (Å²) in [5, 5.41) is 4.26. The van der Waals surface area contributed by atoms with Crippen LogP contribution in [-0.2, 0) is 0 Å². The van der Waals surface area contributed by atoms with Crippen LogP contribution in [0, 0.1) is 0 Å². The molecule has 1 aliphatic heterocycles. The highest BCUT2D eigenvalue weighted by atomic mass is 32.2. The van der Waals surface area contributed by atoms with Crippen molar-refractivity contribution in [2.75, 3.05) is 11.1 Å². The van der Waals surface area contributed by atoms with Gasteiger partial charge in [0.1, 0.15) is 0 Å². The Morgan fingerprint density at radius 1 is 1.11 bits per heavy atom. The molecule has 0 amide bonds. The van der Waals surface area contributed by atoms with E-state index in [2.05, 4.69) is 34.6 Å². The van der Waals surface area contributed by atoms with Crippen molar-refractivity contribution in [2.24, 2.45) is 4.99 Å². The van der Waals surface area contributed by atoms with Gasteiger partial charge in [-0.25, -0.2) is 0 Å². The summed E-state index contributed by atoms with van der Waals surface area (Å²) in [7, 11) is 0. The first-order chi connectivity index (χ1) is 8.92. The van der Waals surface area contributed by atoms with Crippen molar-refractivity contribution in [3.05, 3.63) is 60.4 Å². The molecule has 2 aromatic rings. The second kappa shape index (κ2) is 5.23. The predicted octanol–water partition coefficient (Wildman–Crippen LogP) is 3.34. The predicted molar refractivity (Wildman–Crippen MR) is 76.9 cm³/mol. The number of hydrogen-bond acceptors (Lipinski definition) is 4. The van der Waals surface area contributed by atoms with Gasteiger partial charge in [-0.3, -0.25) is 9.98 Å². The van der Waals surface area contributed by atoms with Crippen molar-refractivity contribution in [2.45, 2.75) is 6.04 Å². The largest absolute Gasteiger partial charge is 0.334 e. The van der Waals surface area contributed by atoms with Gasteiger partial charge in [0, 0.05) is 11.9 Å². The number of pyridine rings is 1. The van der Waals surface area contributed by atoms with E-state index in [1.54, 1.807) is 24.2 Å². The van der Waals surface area contributed by atoms with Gasteiger partial charge >= 0.3 is 0 Å². The molecule has 1 aromatic carbocycles. The van der Waals surface area contributed by atoms with Gasteiger partial charge in [-0.2, -0.15) is 0 Å². The fraction of sp³-hybridized carbons (Fsp3) is 0.143. The summed E-state index contributed by atoms with van der Waals surface area (Å²) in [5.41, 5.74) is 2.26. The van der Waals surface area contributed by atoms with Crippen molar-refractivity contribution in [3.63, 3.8) is 0 Å². The summed E-state index contributed by atoms with van der Waals surface area (Å²) in [6.07, 6.45) is 3.57. The first kappa shape index (κ1) is 11.3. The lowest BCUT2D eigenvalue weighted by atomic mass is 10.1. The van der Waals surface area contributed by atoms with Gasteiger partial charge in [0.05, 0.1) is 17.9 Å². The van der Waals surface area contributed by atoms with Gasteiger partial charge in [-0.1, -0.05) is 42.1 Å². The molecule has 0 bridgehead atoms. The molecule has 1 atom stereocenters. The highest BCUT2D eigenvalue weighted by molar-refractivity contribution is 8.14. The summed E-state index contributed by atoms with van der Waals surface area (Å²) in [5.74, 6) is 0.993. The van der Waals surface area contributed by atoms with Crippen LogP contribution in [0.4, 0.5) is 5.69 Å². The standard InChI is InChI=1S/C14H13N3S/c1-2-5-11(6-3-1)13-10-18-14(17-13)16-12-7-4-8-15-9-12/h1-9,13H,10H2,(H,16,17). The summed E-state index contributed by atoms with van der Waals surface area (Å²) in [6, 6.07) is 14.6. The fourth-order valence-corrected chi connectivity index (χ4v) is 2.82. The molecule has 0 saturated heterocycles. The molecule has 0 aliphatic carbocycles. The number of rotatable bonds is 2. The second-order valence-electron chi connectivity index (χ2n) is 4.04. The highest BCUT2D eigenvalue weighted by Crippen LogP contribution is 2.30. The molecule has 18 heavy (non-hydrogen) atoms. The van der Waals surface area contributed by atoms with Crippen LogP contribution in [0.25, 0.3) is 0 Å². The highest BCUT2D eigenvalue weighted by Gasteiger charge is 2.19. The summed E-state index contributed by atoms with van der Waals surface area (Å²) in [4.78, 5) is 8.77. The Balaban J connectivity index is 1.73. The molecule has 0 radical (unpaired) electrons. The molecule has 4 heteroatoms. The van der Waals surface area contributed by atoms with Gasteiger partial charge in [0.15, 0.2) is 5.17 Å². The molecule has 1 aliphatic rings. The van der Waals surface area contributed by atoms with Gasteiger partial charge in [0.25, 0.3) is 0 Å². The molecule has 1 aromatic heterocycles. The number of aromatic nitrogens is 1. The zero-order valence-corrected chi connectivity index (χ0v) is 10.6. The van der Waals surface area contributed by atoms with Crippen LogP contribution in [0.2, 0.25) is 0 Å². The Bertz CT molecular complexity index is 539. The third-order valence-corrected chi connectivity index (χ3v) is 3.71. The smallest absolute Gasteiger partial charge is 0.161 e. The molecular weight excluding hydrogens is 242 g/mol. The lowest BCUT2D eigenvalue weighted by Gasteiger charge is -2.04. The summed E-state index contributed by atoms with van der Waals surface area (Å²) >= 11 is 1.75. The van der Waals surface area contributed by atoms with E-state index in [9.17, 15) is 0 Å². The van der Waals surface area contributed by atoms with Crippen LogP contribution in [0.5, 0.6) is 0 Å². The van der Waals surface area contributed by atoms with Crippen LogP contribution in [0.3, 0.4) is 0 Å². The molecule has 2 heterocycles. The monoisotopic (exact) mass is 255 g/mol. The Morgan fingerprint density at radius 3 is 2.78 bits per heavy atom. The van der Waals surface area contributed by atoms with Crippen molar-refractivity contribution < 1.29 is 0 Å². The third-order valence-electron chi connectivity index (χ3n) is 2.75. The molecule has 3 nitrogen and oxygen atoms in total. The maximum atomic E-state index is 4.69. The van der Waals surface area contributed by atoms with E-state index in [0.717, 1.165) is 16.6 Å². The van der Waals surface area contributed by atoms with Crippen LogP contribution < -0.4 is 5.32 Å². The average Bonchev–Trinajstić information content (AvgIpc) is 2.89. The zero-order chi connectivity index (χ0) is 12.2. The number of nitrogens with zero attached hydrogens (tertiary/aromatic N) is 2. The minimum absolute atomic E-state index is 0.260. The lowest BCUT2D eigenvalue weighted by molar-refractivity contribution is 0.849. The van der Waals surface area contributed by atoms with Crippen molar-refractivity contribution in [3.8, 4) is 0 Å². The number of benzene rings is 1. The van der Waals surface area contributed by atoms with Gasteiger partial charge in [-0.05, 0) is 17.7 Å². The Morgan fingerprint density at radius 2 is 2.00 bits per heavy atom. The van der Waals surface area contributed by atoms with Gasteiger partial charge < -0.3 is 5.32 Å². The average molecular weight is 255 g/mol. The minimum atomic E-state index is 0.260. The maximum absolute atomic E-state index is 4.69. The number of nitrogens with one attached hydrogen (secondary N) is 1. The van der Waals surface area contributed by atoms with E-state index in [-0.39, 0.29) is 6.04 Å². The number of hydrogen-bond donors (Lipinski definition) is 1. The first-order valence-corrected chi connectivity index (χ1v) is 6.83. The number of aliphatic imine (C=N–C) groups is 1. The topological polar surface area (TPSA) is 37.3 Å². The van der Waals surface area contributed by atoms with E-state index in [4.69, 9.17) is 4.99 Å². The van der Waals surface area contributed by atoms with Crippen molar-refractivity contribution >= 4 is 22.6 Å².